The zero-order chi connectivity index (χ0) is 13.5. The lowest BCUT2D eigenvalue weighted by molar-refractivity contribution is 0.152. The molecule has 1 heterocycles. The van der Waals surface area contributed by atoms with E-state index in [9.17, 15) is 9.50 Å². The van der Waals surface area contributed by atoms with Gasteiger partial charge in [-0.15, -0.1) is 0 Å². The number of hydrogen-bond donors (Lipinski definition) is 2. The van der Waals surface area contributed by atoms with Gasteiger partial charge in [-0.25, -0.2) is 4.39 Å². The highest BCUT2D eigenvalue weighted by atomic mass is 19.1. The van der Waals surface area contributed by atoms with Gasteiger partial charge in [-0.05, 0) is 24.5 Å². The normalized spacial score (nSPS) is 14.8. The van der Waals surface area contributed by atoms with Crippen LogP contribution in [0.2, 0.25) is 0 Å². The summed E-state index contributed by atoms with van der Waals surface area (Å²) in [5.41, 5.74) is 0.815. The maximum atomic E-state index is 12.8. The van der Waals surface area contributed by atoms with E-state index >= 15 is 0 Å². The van der Waals surface area contributed by atoms with Crippen LogP contribution >= 0.6 is 0 Å². The lowest BCUT2D eigenvalue weighted by Gasteiger charge is -2.23. The second-order valence-electron chi connectivity index (χ2n) is 4.97. The standard InChI is InChI=1S/C14H23FN2O/c1-4-5-12(18)9-17-14(10(2)3)13-7-6-11(15)8-16-13/h6-8,10,12,14,17-18H,4-5,9H2,1-3H3. The van der Waals surface area contributed by atoms with Crippen LogP contribution in [-0.2, 0) is 0 Å². The van der Waals surface area contributed by atoms with Gasteiger partial charge in [0, 0.05) is 6.54 Å². The lowest BCUT2D eigenvalue weighted by Crippen LogP contribution is -2.33. The molecule has 0 amide bonds. The molecular formula is C14H23FN2O. The summed E-state index contributed by atoms with van der Waals surface area (Å²) in [6.45, 7) is 6.74. The lowest BCUT2D eigenvalue weighted by atomic mass is 10.00. The topological polar surface area (TPSA) is 45.1 Å². The molecule has 0 radical (unpaired) electrons. The number of aromatic nitrogens is 1. The fourth-order valence-corrected chi connectivity index (χ4v) is 1.95. The molecular weight excluding hydrogens is 231 g/mol. The van der Waals surface area contributed by atoms with E-state index in [-0.39, 0.29) is 18.0 Å². The molecule has 0 saturated heterocycles. The summed E-state index contributed by atoms with van der Waals surface area (Å²) in [7, 11) is 0. The Balaban J connectivity index is 2.63. The van der Waals surface area contributed by atoms with Gasteiger partial charge < -0.3 is 10.4 Å². The predicted molar refractivity (Wildman–Crippen MR) is 70.7 cm³/mol. The Morgan fingerprint density at radius 1 is 1.39 bits per heavy atom. The Hall–Kier alpha value is -1.00. The molecule has 0 aliphatic heterocycles. The van der Waals surface area contributed by atoms with E-state index < -0.39 is 0 Å². The van der Waals surface area contributed by atoms with Crippen molar-refractivity contribution in [1.29, 1.82) is 0 Å². The number of aliphatic hydroxyl groups excluding tert-OH is 1. The maximum absolute atomic E-state index is 12.8. The van der Waals surface area contributed by atoms with Gasteiger partial charge in [0.25, 0.3) is 0 Å². The first-order valence-corrected chi connectivity index (χ1v) is 6.57. The Morgan fingerprint density at radius 2 is 2.11 bits per heavy atom. The average Bonchev–Trinajstić information content (AvgIpc) is 2.31. The molecule has 1 aromatic rings. The number of nitrogens with zero attached hydrogens (tertiary/aromatic N) is 1. The zero-order valence-electron chi connectivity index (χ0n) is 11.4. The molecule has 0 fully saturated rings. The third-order valence-corrected chi connectivity index (χ3v) is 2.93. The number of halogens is 1. The number of pyridine rings is 1. The van der Waals surface area contributed by atoms with E-state index in [0.717, 1.165) is 18.5 Å². The summed E-state index contributed by atoms with van der Waals surface area (Å²) in [5.74, 6) is 0.00376. The smallest absolute Gasteiger partial charge is 0.141 e. The van der Waals surface area contributed by atoms with Gasteiger partial charge in [-0.2, -0.15) is 0 Å². The molecule has 2 unspecified atom stereocenters. The van der Waals surface area contributed by atoms with Crippen molar-refractivity contribution in [3.05, 3.63) is 29.8 Å². The summed E-state index contributed by atoms with van der Waals surface area (Å²) in [5, 5.41) is 13.0. The monoisotopic (exact) mass is 254 g/mol. The predicted octanol–water partition coefficient (Wildman–Crippen LogP) is 2.67. The van der Waals surface area contributed by atoms with E-state index in [0.29, 0.717) is 12.5 Å². The Kier molecular flexibility index (Phi) is 6.22. The van der Waals surface area contributed by atoms with Crippen molar-refractivity contribution in [1.82, 2.24) is 10.3 Å². The van der Waals surface area contributed by atoms with Crippen molar-refractivity contribution in [2.45, 2.75) is 45.8 Å². The highest BCUT2D eigenvalue weighted by Gasteiger charge is 2.17. The summed E-state index contributed by atoms with van der Waals surface area (Å²) in [6.07, 6.45) is 2.64. The molecule has 18 heavy (non-hydrogen) atoms. The van der Waals surface area contributed by atoms with Gasteiger partial charge in [-0.1, -0.05) is 27.2 Å². The molecule has 2 N–H and O–H groups in total. The van der Waals surface area contributed by atoms with Crippen LogP contribution in [0.15, 0.2) is 18.3 Å². The summed E-state index contributed by atoms with van der Waals surface area (Å²) < 4.78 is 12.8. The quantitative estimate of drug-likeness (QED) is 0.786. The molecule has 4 heteroatoms. The van der Waals surface area contributed by atoms with Gasteiger partial charge in [0.2, 0.25) is 0 Å². The van der Waals surface area contributed by atoms with Crippen LogP contribution in [0.4, 0.5) is 4.39 Å². The van der Waals surface area contributed by atoms with Gasteiger partial charge >= 0.3 is 0 Å². The van der Waals surface area contributed by atoms with Gasteiger partial charge in [0.1, 0.15) is 5.82 Å². The van der Waals surface area contributed by atoms with Crippen molar-refractivity contribution >= 4 is 0 Å². The first-order valence-electron chi connectivity index (χ1n) is 6.57. The SMILES string of the molecule is CCCC(O)CNC(c1ccc(F)cn1)C(C)C. The molecule has 0 bridgehead atoms. The number of rotatable bonds is 7. The van der Waals surface area contributed by atoms with Crippen LogP contribution in [0.25, 0.3) is 0 Å². The molecule has 102 valence electrons. The number of aliphatic hydroxyl groups is 1. The van der Waals surface area contributed by atoms with E-state index in [1.807, 2.05) is 6.92 Å². The van der Waals surface area contributed by atoms with Crippen LogP contribution in [0.3, 0.4) is 0 Å². The van der Waals surface area contributed by atoms with Crippen LogP contribution in [0, 0.1) is 11.7 Å². The van der Waals surface area contributed by atoms with Crippen LogP contribution in [-0.4, -0.2) is 22.7 Å². The Labute approximate surface area is 108 Å². The van der Waals surface area contributed by atoms with Crippen LogP contribution in [0.1, 0.15) is 45.3 Å². The van der Waals surface area contributed by atoms with E-state index in [1.54, 1.807) is 6.07 Å². The van der Waals surface area contributed by atoms with Crippen LogP contribution in [0.5, 0.6) is 0 Å². The minimum atomic E-state index is -0.336. The Morgan fingerprint density at radius 3 is 2.61 bits per heavy atom. The summed E-state index contributed by atoms with van der Waals surface area (Å²) >= 11 is 0. The van der Waals surface area contributed by atoms with Gasteiger partial charge in [0.15, 0.2) is 0 Å². The molecule has 1 rings (SSSR count). The fourth-order valence-electron chi connectivity index (χ4n) is 1.95. The molecule has 2 atom stereocenters. The average molecular weight is 254 g/mol. The number of hydrogen-bond acceptors (Lipinski definition) is 3. The van der Waals surface area contributed by atoms with Gasteiger partial charge in [-0.3, -0.25) is 4.98 Å². The molecule has 1 aromatic heterocycles. The van der Waals surface area contributed by atoms with Crippen molar-refractivity contribution < 1.29 is 9.50 Å². The highest BCUT2D eigenvalue weighted by molar-refractivity contribution is 5.10. The zero-order valence-corrected chi connectivity index (χ0v) is 11.4. The fraction of sp³-hybridized carbons (Fsp3) is 0.643. The minimum absolute atomic E-state index is 0.0390. The third-order valence-electron chi connectivity index (χ3n) is 2.93. The second kappa shape index (κ2) is 7.44. The Bertz CT molecular complexity index is 340. The molecule has 0 saturated carbocycles. The first kappa shape index (κ1) is 15.1. The highest BCUT2D eigenvalue weighted by Crippen LogP contribution is 2.19. The van der Waals surface area contributed by atoms with Crippen molar-refractivity contribution in [3.8, 4) is 0 Å². The minimum Gasteiger partial charge on any atom is -0.392 e. The van der Waals surface area contributed by atoms with Crippen molar-refractivity contribution in [3.63, 3.8) is 0 Å². The summed E-state index contributed by atoms with van der Waals surface area (Å²) in [6, 6.07) is 3.15. The first-order chi connectivity index (χ1) is 8.54. The summed E-state index contributed by atoms with van der Waals surface area (Å²) in [4.78, 5) is 4.10. The van der Waals surface area contributed by atoms with E-state index in [2.05, 4.69) is 24.1 Å². The van der Waals surface area contributed by atoms with Crippen molar-refractivity contribution in [2.75, 3.05) is 6.54 Å². The van der Waals surface area contributed by atoms with Crippen LogP contribution < -0.4 is 5.32 Å². The van der Waals surface area contributed by atoms with E-state index in [1.165, 1.54) is 12.3 Å². The molecule has 0 aliphatic carbocycles. The maximum Gasteiger partial charge on any atom is 0.141 e. The van der Waals surface area contributed by atoms with E-state index in [4.69, 9.17) is 0 Å². The van der Waals surface area contributed by atoms with Crippen molar-refractivity contribution in [2.24, 2.45) is 5.92 Å². The molecule has 0 spiro atoms. The third kappa shape index (κ3) is 4.70. The molecule has 3 nitrogen and oxygen atoms in total. The second-order valence-corrected chi connectivity index (χ2v) is 4.97. The molecule has 0 aliphatic rings. The molecule has 0 aromatic carbocycles. The van der Waals surface area contributed by atoms with Gasteiger partial charge in [0.05, 0.1) is 24.0 Å². The largest absolute Gasteiger partial charge is 0.392 e. The number of nitrogens with one attached hydrogen (secondary N) is 1.